The molecule has 1 unspecified atom stereocenters. The van der Waals surface area contributed by atoms with Crippen LogP contribution in [0.3, 0.4) is 0 Å². The molecule has 0 aliphatic heterocycles. The predicted molar refractivity (Wildman–Crippen MR) is 61.7 cm³/mol. The standard InChI is InChI=1S/C9H20N2O4S/c1-7(8(12)13)5-10-6-9(2,3)11-16(4,14)15/h7,10-11H,5-6H2,1-4H3,(H,12,13). The zero-order valence-corrected chi connectivity index (χ0v) is 10.9. The molecule has 0 spiro atoms. The third kappa shape index (κ3) is 7.61. The summed E-state index contributed by atoms with van der Waals surface area (Å²) < 4.78 is 24.5. The minimum atomic E-state index is -3.26. The van der Waals surface area contributed by atoms with Crippen LogP contribution in [0.25, 0.3) is 0 Å². The molecule has 0 heterocycles. The highest BCUT2D eigenvalue weighted by Gasteiger charge is 2.22. The average molecular weight is 252 g/mol. The van der Waals surface area contributed by atoms with Crippen molar-refractivity contribution < 1.29 is 18.3 Å². The van der Waals surface area contributed by atoms with Crippen LogP contribution >= 0.6 is 0 Å². The number of nitrogens with one attached hydrogen (secondary N) is 2. The molecular formula is C9H20N2O4S. The predicted octanol–water partition coefficient (Wildman–Crippen LogP) is -0.375. The third-order valence-electron chi connectivity index (χ3n) is 1.90. The molecule has 6 nitrogen and oxygen atoms in total. The van der Waals surface area contributed by atoms with Crippen molar-refractivity contribution in [2.75, 3.05) is 19.3 Å². The van der Waals surface area contributed by atoms with Crippen LogP contribution in [0.15, 0.2) is 0 Å². The van der Waals surface area contributed by atoms with Gasteiger partial charge >= 0.3 is 5.97 Å². The first-order chi connectivity index (χ1) is 7.03. The number of hydrogen-bond donors (Lipinski definition) is 3. The zero-order chi connectivity index (χ0) is 13.0. The number of aliphatic carboxylic acids is 1. The largest absolute Gasteiger partial charge is 0.481 e. The highest BCUT2D eigenvalue weighted by molar-refractivity contribution is 7.88. The second-order valence-electron chi connectivity index (χ2n) is 4.63. The molecule has 0 radical (unpaired) electrons. The van der Waals surface area contributed by atoms with Crippen LogP contribution in [0.4, 0.5) is 0 Å². The van der Waals surface area contributed by atoms with Gasteiger partial charge in [0.15, 0.2) is 0 Å². The van der Waals surface area contributed by atoms with Crippen molar-refractivity contribution >= 4 is 16.0 Å². The molecule has 0 amide bonds. The van der Waals surface area contributed by atoms with Crippen molar-refractivity contribution in [3.8, 4) is 0 Å². The van der Waals surface area contributed by atoms with Crippen molar-refractivity contribution in [1.82, 2.24) is 10.0 Å². The number of sulfonamides is 1. The van der Waals surface area contributed by atoms with Crippen LogP contribution in [0.5, 0.6) is 0 Å². The van der Waals surface area contributed by atoms with Gasteiger partial charge in [-0.2, -0.15) is 0 Å². The molecule has 0 saturated heterocycles. The molecule has 0 bridgehead atoms. The molecule has 1 atom stereocenters. The number of carbonyl (C=O) groups is 1. The van der Waals surface area contributed by atoms with Gasteiger partial charge in [0.1, 0.15) is 0 Å². The van der Waals surface area contributed by atoms with Crippen molar-refractivity contribution in [1.29, 1.82) is 0 Å². The van der Waals surface area contributed by atoms with E-state index in [1.165, 1.54) is 0 Å². The number of rotatable bonds is 7. The van der Waals surface area contributed by atoms with E-state index in [-0.39, 0.29) is 0 Å². The van der Waals surface area contributed by atoms with Crippen molar-refractivity contribution in [3.63, 3.8) is 0 Å². The lowest BCUT2D eigenvalue weighted by Crippen LogP contribution is -2.50. The molecule has 0 aliphatic carbocycles. The van der Waals surface area contributed by atoms with Crippen LogP contribution in [0.1, 0.15) is 20.8 Å². The summed E-state index contributed by atoms with van der Waals surface area (Å²) >= 11 is 0. The number of hydrogen-bond acceptors (Lipinski definition) is 4. The molecule has 0 aliphatic rings. The van der Waals surface area contributed by atoms with E-state index in [1.807, 2.05) is 0 Å². The quantitative estimate of drug-likeness (QED) is 0.574. The summed E-state index contributed by atoms with van der Waals surface area (Å²) in [5.41, 5.74) is -0.633. The van der Waals surface area contributed by atoms with Gasteiger partial charge in [0.05, 0.1) is 12.2 Å². The van der Waals surface area contributed by atoms with Crippen molar-refractivity contribution in [3.05, 3.63) is 0 Å². The second kappa shape index (κ2) is 5.60. The van der Waals surface area contributed by atoms with Gasteiger partial charge in [-0.15, -0.1) is 0 Å². The Morgan fingerprint density at radius 2 is 1.94 bits per heavy atom. The van der Waals surface area contributed by atoms with Gasteiger partial charge in [0.25, 0.3) is 0 Å². The number of carboxylic acid groups (broad SMARTS) is 1. The van der Waals surface area contributed by atoms with Gasteiger partial charge in [-0.05, 0) is 13.8 Å². The SMILES string of the molecule is CC(CNCC(C)(C)NS(C)(=O)=O)C(=O)O. The zero-order valence-electron chi connectivity index (χ0n) is 10.1. The second-order valence-corrected chi connectivity index (χ2v) is 6.38. The maximum atomic E-state index is 11.0. The average Bonchev–Trinajstić information content (AvgIpc) is 1.98. The lowest BCUT2D eigenvalue weighted by molar-refractivity contribution is -0.140. The van der Waals surface area contributed by atoms with E-state index in [0.29, 0.717) is 13.1 Å². The van der Waals surface area contributed by atoms with Crippen molar-refractivity contribution in [2.45, 2.75) is 26.3 Å². The van der Waals surface area contributed by atoms with E-state index in [0.717, 1.165) is 6.26 Å². The molecular weight excluding hydrogens is 232 g/mol. The van der Waals surface area contributed by atoms with E-state index in [9.17, 15) is 13.2 Å². The summed E-state index contributed by atoms with van der Waals surface area (Å²) in [7, 11) is -3.26. The topological polar surface area (TPSA) is 95.5 Å². The van der Waals surface area contributed by atoms with E-state index < -0.39 is 27.4 Å². The lowest BCUT2D eigenvalue weighted by Gasteiger charge is -2.25. The Morgan fingerprint density at radius 1 is 1.44 bits per heavy atom. The molecule has 0 aromatic rings. The molecule has 96 valence electrons. The summed E-state index contributed by atoms with van der Waals surface area (Å²) in [5, 5.41) is 11.6. The van der Waals surface area contributed by atoms with E-state index in [1.54, 1.807) is 20.8 Å². The van der Waals surface area contributed by atoms with Crippen molar-refractivity contribution in [2.24, 2.45) is 5.92 Å². The van der Waals surface area contributed by atoms with Crippen LogP contribution < -0.4 is 10.0 Å². The Morgan fingerprint density at radius 3 is 2.31 bits per heavy atom. The Bertz CT molecular complexity index is 337. The summed E-state index contributed by atoms with van der Waals surface area (Å²) in [4.78, 5) is 10.5. The normalized spacial score (nSPS) is 14.8. The fraction of sp³-hybridized carbons (Fsp3) is 0.889. The summed E-state index contributed by atoms with van der Waals surface area (Å²) in [6, 6.07) is 0. The molecule has 16 heavy (non-hydrogen) atoms. The Hall–Kier alpha value is -0.660. The van der Waals surface area contributed by atoms with Gasteiger partial charge in [-0.3, -0.25) is 4.79 Å². The monoisotopic (exact) mass is 252 g/mol. The highest BCUT2D eigenvalue weighted by Crippen LogP contribution is 2.02. The molecule has 0 fully saturated rings. The van der Waals surface area contributed by atoms with Gasteiger partial charge in [-0.1, -0.05) is 6.92 Å². The number of carboxylic acids is 1. The smallest absolute Gasteiger partial charge is 0.307 e. The Balaban J connectivity index is 4.05. The lowest BCUT2D eigenvalue weighted by atomic mass is 10.1. The molecule has 0 saturated carbocycles. The van der Waals surface area contributed by atoms with Gasteiger partial charge in [0.2, 0.25) is 10.0 Å². The molecule has 0 aromatic heterocycles. The molecule has 0 aromatic carbocycles. The highest BCUT2D eigenvalue weighted by atomic mass is 32.2. The first-order valence-electron chi connectivity index (χ1n) is 4.96. The van der Waals surface area contributed by atoms with Crippen LogP contribution in [0, 0.1) is 5.92 Å². The fourth-order valence-electron chi connectivity index (χ4n) is 1.23. The maximum Gasteiger partial charge on any atom is 0.307 e. The van der Waals surface area contributed by atoms with Crippen LogP contribution in [-0.2, 0) is 14.8 Å². The molecule has 7 heteroatoms. The first-order valence-corrected chi connectivity index (χ1v) is 6.85. The molecule has 0 rings (SSSR count). The van der Waals surface area contributed by atoms with Gasteiger partial charge < -0.3 is 10.4 Å². The van der Waals surface area contributed by atoms with Gasteiger partial charge in [-0.25, -0.2) is 13.1 Å². The maximum absolute atomic E-state index is 11.0. The minimum Gasteiger partial charge on any atom is -0.481 e. The first kappa shape index (κ1) is 15.3. The van der Waals surface area contributed by atoms with Crippen LogP contribution in [-0.4, -0.2) is 44.4 Å². The van der Waals surface area contributed by atoms with Crippen LogP contribution in [0.2, 0.25) is 0 Å². The van der Waals surface area contributed by atoms with Gasteiger partial charge in [0, 0.05) is 18.6 Å². The summed E-state index contributed by atoms with van der Waals surface area (Å²) in [6.07, 6.45) is 1.09. The Labute approximate surface area is 96.5 Å². The minimum absolute atomic E-state index is 0.310. The fourth-order valence-corrected chi connectivity index (χ4v) is 2.30. The summed E-state index contributed by atoms with van der Waals surface area (Å²) in [5.74, 6) is -1.37. The van der Waals surface area contributed by atoms with E-state index >= 15 is 0 Å². The van der Waals surface area contributed by atoms with E-state index in [2.05, 4.69) is 10.0 Å². The third-order valence-corrected chi connectivity index (χ3v) is 2.82. The van der Waals surface area contributed by atoms with E-state index in [4.69, 9.17) is 5.11 Å². The summed E-state index contributed by atoms with van der Waals surface area (Å²) in [6.45, 7) is 5.73. The molecule has 3 N–H and O–H groups in total. The Kier molecular flexibility index (Phi) is 5.37.